The van der Waals surface area contributed by atoms with E-state index >= 15 is 4.39 Å². The third-order valence-corrected chi connectivity index (χ3v) is 11.9. The molecule has 2 N–H and O–H groups in total. The van der Waals surface area contributed by atoms with Crippen molar-refractivity contribution in [2.24, 2.45) is 7.05 Å². The Morgan fingerprint density at radius 3 is 2.76 bits per heavy atom. The molecule has 0 radical (unpaired) electrons. The van der Waals surface area contributed by atoms with E-state index in [1.807, 2.05) is 4.90 Å². The molecule has 4 saturated heterocycles. The van der Waals surface area contributed by atoms with Crippen molar-refractivity contribution in [2.75, 3.05) is 31.1 Å². The molecular formula is C36H38F5N6O3+. The van der Waals surface area contributed by atoms with Crippen LogP contribution in [0.15, 0.2) is 24.3 Å². The standard InChI is InChI=1S/C36H37F5N6O3/c1-18-24(37)6-4-19-12-21(48)13-23(28(18)19)32-30(38)31-29-27(45(32)2)9-8-26-25-7-5-20(42-25)15-47(26)33(29)44-34(43-31)49-17-35-10-3-11-46(35)16-22(14-35)50-36(39,40)41/h4,6,12-13,20,22,25-26,42H,3,5,7-11,14-17H2,1-2H3/p+1/t20-,22+,25+,26-,35+/m1/s1. The highest BCUT2D eigenvalue weighted by molar-refractivity contribution is 6.01. The maximum atomic E-state index is 17.4. The van der Waals surface area contributed by atoms with Crippen molar-refractivity contribution in [1.82, 2.24) is 20.2 Å². The average molecular weight is 698 g/mol. The number of hydrogen-bond donors (Lipinski definition) is 2. The van der Waals surface area contributed by atoms with Gasteiger partial charge in [0.25, 0.3) is 5.69 Å². The van der Waals surface area contributed by atoms with Crippen molar-refractivity contribution in [3.8, 4) is 23.0 Å². The van der Waals surface area contributed by atoms with Crippen LogP contribution in [0.25, 0.3) is 32.9 Å². The number of piperazine rings is 1. The molecular weight excluding hydrogens is 659 g/mol. The Labute approximate surface area is 285 Å². The van der Waals surface area contributed by atoms with E-state index in [1.54, 1.807) is 24.6 Å². The van der Waals surface area contributed by atoms with Gasteiger partial charge in [-0.15, -0.1) is 13.2 Å². The Bertz CT molecular complexity index is 2060. The zero-order valence-corrected chi connectivity index (χ0v) is 27.8. The summed E-state index contributed by atoms with van der Waals surface area (Å²) in [5.74, 6) is -0.607. The SMILES string of the molecule is Cc1c(F)ccc2cc(O)cc(-c3c(F)c4nc(OC[C@@]56CCCN5C[C@@H](OC(F)(F)F)C6)nc5c4c([n+]3C)CC[C@@H]3[C@@H]4CC[C@H](CN53)N4)c12. The highest BCUT2D eigenvalue weighted by atomic mass is 19.4. The van der Waals surface area contributed by atoms with E-state index in [0.717, 1.165) is 31.4 Å². The van der Waals surface area contributed by atoms with Gasteiger partial charge >= 0.3 is 12.4 Å². The normalized spacial score (nSPS) is 27.6. The number of ether oxygens (including phenoxy) is 2. The Morgan fingerprint density at radius 2 is 1.94 bits per heavy atom. The summed E-state index contributed by atoms with van der Waals surface area (Å²) in [5.41, 5.74) is 1.01. The number of anilines is 1. The molecule has 5 aliphatic heterocycles. The van der Waals surface area contributed by atoms with Crippen molar-refractivity contribution in [1.29, 1.82) is 0 Å². The Kier molecular flexibility index (Phi) is 7.25. The van der Waals surface area contributed by atoms with Gasteiger partial charge in [-0.25, -0.2) is 4.39 Å². The maximum Gasteiger partial charge on any atom is 0.522 e. The Morgan fingerprint density at radius 1 is 1.10 bits per heavy atom. The van der Waals surface area contributed by atoms with Gasteiger partial charge in [0.1, 0.15) is 36.1 Å². The van der Waals surface area contributed by atoms with Gasteiger partial charge in [-0.2, -0.15) is 18.9 Å². The molecule has 2 bridgehead atoms. The van der Waals surface area contributed by atoms with Crippen LogP contribution in [-0.2, 0) is 18.2 Å². The number of benzene rings is 2. The topological polar surface area (TPSA) is 86.9 Å². The maximum absolute atomic E-state index is 17.4. The second-order valence-electron chi connectivity index (χ2n) is 14.7. The Balaban J connectivity index is 1.21. The number of aromatic hydroxyl groups is 1. The van der Waals surface area contributed by atoms with Gasteiger partial charge in [-0.05, 0) is 81.1 Å². The number of halogens is 5. The number of phenols is 1. The van der Waals surface area contributed by atoms with Gasteiger partial charge in [0, 0.05) is 43.0 Å². The van der Waals surface area contributed by atoms with Crippen LogP contribution in [0.5, 0.6) is 11.8 Å². The minimum Gasteiger partial charge on any atom is -0.508 e. The van der Waals surface area contributed by atoms with Crippen LogP contribution in [0, 0.1) is 18.6 Å². The lowest BCUT2D eigenvalue weighted by molar-refractivity contribution is -0.667. The lowest BCUT2D eigenvalue weighted by atomic mass is 9.94. The number of nitrogens with zero attached hydrogens (tertiary/aromatic N) is 5. The fourth-order valence-electron chi connectivity index (χ4n) is 9.78. The summed E-state index contributed by atoms with van der Waals surface area (Å²) in [6, 6.07) is 6.44. The second-order valence-corrected chi connectivity index (χ2v) is 14.7. The van der Waals surface area contributed by atoms with E-state index in [-0.39, 0.29) is 60.7 Å². The first-order valence-electron chi connectivity index (χ1n) is 17.4. The Hall–Kier alpha value is -3.88. The first kappa shape index (κ1) is 32.1. The average Bonchev–Trinajstić information content (AvgIpc) is 3.69. The van der Waals surface area contributed by atoms with Gasteiger partial charge in [-0.1, -0.05) is 6.07 Å². The minimum absolute atomic E-state index is 0.0313. The zero-order chi connectivity index (χ0) is 34.7. The van der Waals surface area contributed by atoms with E-state index in [2.05, 4.69) is 15.0 Å². The fraction of sp³-hybridized carbons (Fsp3) is 0.528. The van der Waals surface area contributed by atoms with Gasteiger partial charge in [0.15, 0.2) is 11.5 Å². The molecule has 0 unspecified atom stereocenters. The van der Waals surface area contributed by atoms with E-state index < -0.39 is 29.6 Å². The van der Waals surface area contributed by atoms with Gasteiger partial charge in [0.05, 0.1) is 17.2 Å². The van der Waals surface area contributed by atoms with Crippen molar-refractivity contribution < 1.29 is 41.1 Å². The molecule has 0 saturated carbocycles. The molecule has 2 aromatic carbocycles. The number of pyridine rings is 1. The van der Waals surface area contributed by atoms with Crippen molar-refractivity contribution in [2.45, 2.75) is 88.0 Å². The molecule has 0 spiro atoms. The number of rotatable bonds is 5. The predicted octanol–water partition coefficient (Wildman–Crippen LogP) is 5.34. The summed E-state index contributed by atoms with van der Waals surface area (Å²) in [6.07, 6.45) is -0.722. The van der Waals surface area contributed by atoms with Gasteiger partial charge < -0.3 is 20.1 Å². The molecule has 7 heterocycles. The summed E-state index contributed by atoms with van der Waals surface area (Å²) in [5, 5.41) is 16.1. The van der Waals surface area contributed by atoms with Crippen LogP contribution in [0.1, 0.15) is 49.8 Å². The number of fused-ring (bicyclic) bond motifs is 7. The molecule has 5 aliphatic rings. The van der Waals surface area contributed by atoms with Crippen LogP contribution in [-0.4, -0.2) is 82.3 Å². The molecule has 2 aromatic heterocycles. The summed E-state index contributed by atoms with van der Waals surface area (Å²) >= 11 is 0. The third kappa shape index (κ3) is 5.00. The molecule has 0 aliphatic carbocycles. The van der Waals surface area contributed by atoms with E-state index in [4.69, 9.17) is 14.7 Å². The highest BCUT2D eigenvalue weighted by Crippen LogP contribution is 2.45. The predicted molar refractivity (Wildman–Crippen MR) is 174 cm³/mol. The molecule has 50 heavy (non-hydrogen) atoms. The summed E-state index contributed by atoms with van der Waals surface area (Å²) in [6.45, 7) is 3.13. The molecule has 0 amide bonds. The van der Waals surface area contributed by atoms with Crippen LogP contribution in [0.2, 0.25) is 0 Å². The second kappa shape index (κ2) is 11.3. The van der Waals surface area contributed by atoms with Crippen molar-refractivity contribution in [3.05, 3.63) is 47.2 Å². The number of aromatic nitrogens is 3. The lowest BCUT2D eigenvalue weighted by Crippen LogP contribution is -2.58. The molecule has 5 atom stereocenters. The zero-order valence-electron chi connectivity index (χ0n) is 27.8. The van der Waals surface area contributed by atoms with Crippen LogP contribution >= 0.6 is 0 Å². The molecule has 14 heteroatoms. The lowest BCUT2D eigenvalue weighted by Gasteiger charge is -2.41. The summed E-state index contributed by atoms with van der Waals surface area (Å²) in [4.78, 5) is 13.9. The molecule has 4 fully saturated rings. The molecule has 4 aromatic rings. The van der Waals surface area contributed by atoms with Gasteiger partial charge in [-0.3, -0.25) is 9.64 Å². The first-order chi connectivity index (χ1) is 23.9. The van der Waals surface area contributed by atoms with E-state index in [0.29, 0.717) is 59.0 Å². The third-order valence-electron chi connectivity index (χ3n) is 11.9. The van der Waals surface area contributed by atoms with Crippen LogP contribution < -0.4 is 19.5 Å². The largest absolute Gasteiger partial charge is 0.522 e. The number of nitrogens with one attached hydrogen (secondary N) is 1. The monoisotopic (exact) mass is 697 g/mol. The van der Waals surface area contributed by atoms with E-state index in [9.17, 15) is 22.7 Å². The van der Waals surface area contributed by atoms with Crippen LogP contribution in [0.4, 0.5) is 27.8 Å². The number of alkyl halides is 3. The number of hydrogen-bond acceptors (Lipinski definition) is 8. The van der Waals surface area contributed by atoms with Crippen molar-refractivity contribution in [3.63, 3.8) is 0 Å². The highest BCUT2D eigenvalue weighted by Gasteiger charge is 2.52. The summed E-state index contributed by atoms with van der Waals surface area (Å²) in [7, 11) is 1.79. The van der Waals surface area contributed by atoms with Crippen LogP contribution in [0.3, 0.4) is 0 Å². The number of phenolic OH excluding ortho intramolecular Hbond substituents is 1. The first-order valence-corrected chi connectivity index (χ1v) is 17.4. The van der Waals surface area contributed by atoms with E-state index in [1.165, 1.54) is 18.2 Å². The van der Waals surface area contributed by atoms with Gasteiger partial charge in [0.2, 0.25) is 5.82 Å². The molecule has 9 rings (SSSR count). The molecule has 9 nitrogen and oxygen atoms in total. The quantitative estimate of drug-likeness (QED) is 0.214. The smallest absolute Gasteiger partial charge is 0.508 e. The van der Waals surface area contributed by atoms with Crippen molar-refractivity contribution >= 4 is 27.5 Å². The molecule has 264 valence electrons. The minimum atomic E-state index is -4.73. The fourth-order valence-corrected chi connectivity index (χ4v) is 9.78. The number of aryl methyl sites for hydroxylation is 2. The summed E-state index contributed by atoms with van der Waals surface area (Å²) < 4.78 is 84.4.